The van der Waals surface area contributed by atoms with Gasteiger partial charge in [-0.25, -0.2) is 4.39 Å². The van der Waals surface area contributed by atoms with E-state index in [9.17, 15) is 9.50 Å². The third kappa shape index (κ3) is 4.73. The molecular formula is C11H14BrFO2. The number of rotatable bonds is 5. The van der Waals surface area contributed by atoms with E-state index in [0.717, 1.165) is 5.56 Å². The summed E-state index contributed by atoms with van der Waals surface area (Å²) < 4.78 is 18.7. The zero-order chi connectivity index (χ0) is 11.3. The second-order valence-corrected chi connectivity index (χ2v) is 4.21. The standard InChI is InChI=1S/C11H14BrFO2/c1-2-15-7-11(14)5-8-3-9(12)6-10(13)4-8/h3-4,6,11,14H,2,5,7H2,1H3. The van der Waals surface area contributed by atoms with Gasteiger partial charge >= 0.3 is 0 Å². The molecule has 15 heavy (non-hydrogen) atoms. The first kappa shape index (κ1) is 12.6. The van der Waals surface area contributed by atoms with Gasteiger partial charge in [0.05, 0.1) is 12.7 Å². The Kier molecular flexibility index (Phi) is 5.22. The number of benzene rings is 1. The van der Waals surface area contributed by atoms with Crippen molar-refractivity contribution in [3.63, 3.8) is 0 Å². The lowest BCUT2D eigenvalue weighted by molar-refractivity contribution is 0.0429. The lowest BCUT2D eigenvalue weighted by Gasteiger charge is -2.10. The highest BCUT2D eigenvalue weighted by Crippen LogP contribution is 2.16. The first-order valence-electron chi connectivity index (χ1n) is 4.82. The van der Waals surface area contributed by atoms with Crippen LogP contribution in [0.1, 0.15) is 12.5 Å². The molecule has 0 aromatic heterocycles. The molecule has 1 aromatic rings. The predicted octanol–water partition coefficient (Wildman–Crippen LogP) is 2.53. The van der Waals surface area contributed by atoms with Gasteiger partial charge in [0.2, 0.25) is 0 Å². The molecule has 0 bridgehead atoms. The van der Waals surface area contributed by atoms with Crippen LogP contribution in [-0.4, -0.2) is 24.4 Å². The zero-order valence-corrected chi connectivity index (χ0v) is 10.1. The molecule has 4 heteroatoms. The zero-order valence-electron chi connectivity index (χ0n) is 8.54. The summed E-state index contributed by atoms with van der Waals surface area (Å²) in [5, 5.41) is 9.55. The third-order valence-electron chi connectivity index (χ3n) is 1.91. The van der Waals surface area contributed by atoms with Crippen molar-refractivity contribution >= 4 is 15.9 Å². The lowest BCUT2D eigenvalue weighted by Crippen LogP contribution is -2.18. The molecule has 0 amide bonds. The van der Waals surface area contributed by atoms with Crippen LogP contribution in [0.2, 0.25) is 0 Å². The number of hydrogen-bond donors (Lipinski definition) is 1. The molecule has 0 radical (unpaired) electrons. The number of hydrogen-bond acceptors (Lipinski definition) is 2. The lowest BCUT2D eigenvalue weighted by atomic mass is 10.1. The fourth-order valence-electron chi connectivity index (χ4n) is 1.31. The molecule has 0 saturated carbocycles. The van der Waals surface area contributed by atoms with Gasteiger partial charge < -0.3 is 9.84 Å². The Labute approximate surface area is 97.2 Å². The first-order valence-corrected chi connectivity index (χ1v) is 5.62. The van der Waals surface area contributed by atoms with Crippen LogP contribution in [0.5, 0.6) is 0 Å². The second kappa shape index (κ2) is 6.20. The fraction of sp³-hybridized carbons (Fsp3) is 0.455. The summed E-state index contributed by atoms with van der Waals surface area (Å²) in [5.74, 6) is -0.303. The van der Waals surface area contributed by atoms with Crippen molar-refractivity contribution in [3.8, 4) is 0 Å². The van der Waals surface area contributed by atoms with Gasteiger partial charge in [0.15, 0.2) is 0 Å². The van der Waals surface area contributed by atoms with Crippen molar-refractivity contribution in [2.24, 2.45) is 0 Å². The molecule has 0 saturated heterocycles. The Morgan fingerprint density at radius 2 is 2.20 bits per heavy atom. The van der Waals surface area contributed by atoms with Crippen molar-refractivity contribution in [2.75, 3.05) is 13.2 Å². The molecule has 1 aromatic carbocycles. The predicted molar refractivity (Wildman–Crippen MR) is 60.3 cm³/mol. The molecule has 0 fully saturated rings. The van der Waals surface area contributed by atoms with Gasteiger partial charge in [0, 0.05) is 17.5 Å². The van der Waals surface area contributed by atoms with E-state index >= 15 is 0 Å². The van der Waals surface area contributed by atoms with Crippen LogP contribution in [0.4, 0.5) is 4.39 Å². The number of halogens is 2. The SMILES string of the molecule is CCOCC(O)Cc1cc(F)cc(Br)c1. The molecule has 1 unspecified atom stereocenters. The summed E-state index contributed by atoms with van der Waals surface area (Å²) in [7, 11) is 0. The van der Waals surface area contributed by atoms with E-state index < -0.39 is 6.10 Å². The minimum Gasteiger partial charge on any atom is -0.390 e. The molecule has 0 aliphatic rings. The molecule has 0 aliphatic carbocycles. The van der Waals surface area contributed by atoms with Crippen molar-refractivity contribution in [1.82, 2.24) is 0 Å². The smallest absolute Gasteiger partial charge is 0.124 e. The summed E-state index contributed by atoms with van der Waals surface area (Å²) >= 11 is 3.20. The van der Waals surface area contributed by atoms with Gasteiger partial charge in [0.25, 0.3) is 0 Å². The van der Waals surface area contributed by atoms with Gasteiger partial charge in [-0.15, -0.1) is 0 Å². The molecular weight excluding hydrogens is 263 g/mol. The molecule has 0 heterocycles. The first-order chi connectivity index (χ1) is 7.11. The quantitative estimate of drug-likeness (QED) is 0.896. The average molecular weight is 277 g/mol. The molecule has 1 atom stereocenters. The normalized spacial score (nSPS) is 12.8. The van der Waals surface area contributed by atoms with Crippen LogP contribution in [0.25, 0.3) is 0 Å². The van der Waals surface area contributed by atoms with E-state index in [-0.39, 0.29) is 12.4 Å². The summed E-state index contributed by atoms with van der Waals surface area (Å²) in [6.07, 6.45) is -0.185. The van der Waals surface area contributed by atoms with Crippen molar-refractivity contribution in [2.45, 2.75) is 19.4 Å². The van der Waals surface area contributed by atoms with Crippen molar-refractivity contribution in [1.29, 1.82) is 0 Å². The van der Waals surface area contributed by atoms with E-state index in [1.54, 1.807) is 6.07 Å². The van der Waals surface area contributed by atoms with Gasteiger partial charge in [-0.3, -0.25) is 0 Å². The molecule has 1 N–H and O–H groups in total. The fourth-order valence-corrected chi connectivity index (χ4v) is 1.83. The van der Waals surface area contributed by atoms with Crippen molar-refractivity contribution < 1.29 is 14.2 Å². The van der Waals surface area contributed by atoms with Crippen LogP contribution in [0.3, 0.4) is 0 Å². The van der Waals surface area contributed by atoms with Gasteiger partial charge in [-0.05, 0) is 30.7 Å². The van der Waals surface area contributed by atoms with E-state index in [1.807, 2.05) is 6.92 Å². The van der Waals surface area contributed by atoms with Gasteiger partial charge in [-0.2, -0.15) is 0 Å². The maximum Gasteiger partial charge on any atom is 0.124 e. The average Bonchev–Trinajstić information content (AvgIpc) is 2.13. The van der Waals surface area contributed by atoms with Crippen LogP contribution in [-0.2, 0) is 11.2 Å². The highest BCUT2D eigenvalue weighted by Gasteiger charge is 2.07. The van der Waals surface area contributed by atoms with Crippen LogP contribution in [0, 0.1) is 5.82 Å². The summed E-state index contributed by atoms with van der Waals surface area (Å²) in [6, 6.07) is 4.59. The summed E-state index contributed by atoms with van der Waals surface area (Å²) in [6.45, 7) is 2.72. The molecule has 1 rings (SSSR count). The monoisotopic (exact) mass is 276 g/mol. The minimum absolute atomic E-state index is 0.282. The maximum atomic E-state index is 13.0. The maximum absolute atomic E-state index is 13.0. The largest absolute Gasteiger partial charge is 0.390 e. The summed E-state index contributed by atoms with van der Waals surface area (Å²) in [4.78, 5) is 0. The van der Waals surface area contributed by atoms with Crippen LogP contribution >= 0.6 is 15.9 Å². The third-order valence-corrected chi connectivity index (χ3v) is 2.37. The number of ether oxygens (including phenoxy) is 1. The highest BCUT2D eigenvalue weighted by molar-refractivity contribution is 9.10. The Bertz CT molecular complexity index is 297. The van der Waals surface area contributed by atoms with E-state index in [1.165, 1.54) is 12.1 Å². The molecule has 0 aliphatic heterocycles. The topological polar surface area (TPSA) is 29.5 Å². The number of aliphatic hydroxyl groups is 1. The van der Waals surface area contributed by atoms with E-state index in [0.29, 0.717) is 17.5 Å². The highest BCUT2D eigenvalue weighted by atomic mass is 79.9. The molecule has 2 nitrogen and oxygen atoms in total. The Morgan fingerprint density at radius 3 is 2.80 bits per heavy atom. The van der Waals surface area contributed by atoms with Crippen LogP contribution < -0.4 is 0 Å². The second-order valence-electron chi connectivity index (χ2n) is 3.30. The van der Waals surface area contributed by atoms with Crippen molar-refractivity contribution in [3.05, 3.63) is 34.1 Å². The Morgan fingerprint density at radius 1 is 1.47 bits per heavy atom. The van der Waals surface area contributed by atoms with Gasteiger partial charge in [-0.1, -0.05) is 15.9 Å². The minimum atomic E-state index is -0.585. The molecule has 0 spiro atoms. The Hall–Kier alpha value is -0.450. The number of aliphatic hydroxyl groups excluding tert-OH is 1. The summed E-state index contributed by atoms with van der Waals surface area (Å²) in [5.41, 5.74) is 0.758. The Balaban J connectivity index is 2.56. The molecule has 84 valence electrons. The van der Waals surface area contributed by atoms with Gasteiger partial charge in [0.1, 0.15) is 5.82 Å². The van der Waals surface area contributed by atoms with Crippen LogP contribution in [0.15, 0.2) is 22.7 Å². The van der Waals surface area contributed by atoms with E-state index in [2.05, 4.69) is 15.9 Å². The van der Waals surface area contributed by atoms with E-state index in [4.69, 9.17) is 4.74 Å².